The lowest BCUT2D eigenvalue weighted by Gasteiger charge is -2.23. The van der Waals surface area contributed by atoms with Gasteiger partial charge in [0.05, 0.1) is 6.26 Å². The minimum Gasteiger partial charge on any atom is -0.480 e. The number of rotatable bonds is 6. The van der Waals surface area contributed by atoms with E-state index in [1.807, 2.05) is 13.0 Å². The molecule has 0 radical (unpaired) electrons. The summed E-state index contributed by atoms with van der Waals surface area (Å²) in [5, 5.41) is 11.6. The molecule has 1 heterocycles. The van der Waals surface area contributed by atoms with E-state index in [-0.39, 0.29) is 24.7 Å². The highest BCUT2D eigenvalue weighted by Gasteiger charge is 2.34. The number of urea groups is 1. The molecule has 0 bridgehead atoms. The Morgan fingerprint density at radius 3 is 2.84 bits per heavy atom. The third kappa shape index (κ3) is 4.01. The molecule has 1 aromatic rings. The highest BCUT2D eigenvalue weighted by atomic mass is 16.4. The standard InChI is InChI=1S/C13H18N2O4/c1-9(7-11-3-2-6-19-11)14-13(18)15(8-12(16)17)10-4-5-10/h2-3,6,9-10H,4-5,7-8H2,1H3,(H,14,18)(H,16,17). The van der Waals surface area contributed by atoms with Crippen LogP contribution in [-0.2, 0) is 11.2 Å². The first kappa shape index (κ1) is 13.5. The molecule has 0 aliphatic heterocycles. The number of nitrogens with one attached hydrogen (secondary N) is 1. The topological polar surface area (TPSA) is 82.8 Å². The predicted octanol–water partition coefficient (Wildman–Crippen LogP) is 1.47. The van der Waals surface area contributed by atoms with Crippen LogP contribution >= 0.6 is 0 Å². The number of aliphatic carboxylic acids is 1. The SMILES string of the molecule is CC(Cc1ccco1)NC(=O)N(CC(=O)O)C1CC1. The highest BCUT2D eigenvalue weighted by molar-refractivity contribution is 5.80. The molecule has 1 saturated carbocycles. The lowest BCUT2D eigenvalue weighted by atomic mass is 10.2. The number of carbonyl (C=O) groups is 2. The van der Waals surface area contributed by atoms with Crippen LogP contribution in [0.5, 0.6) is 0 Å². The van der Waals surface area contributed by atoms with E-state index in [9.17, 15) is 9.59 Å². The fraction of sp³-hybridized carbons (Fsp3) is 0.538. The number of hydrogen-bond acceptors (Lipinski definition) is 3. The molecule has 0 aromatic carbocycles. The van der Waals surface area contributed by atoms with Crippen LogP contribution in [0.1, 0.15) is 25.5 Å². The Bertz CT molecular complexity index is 440. The van der Waals surface area contributed by atoms with Crippen LogP contribution in [-0.4, -0.2) is 40.6 Å². The molecule has 1 atom stereocenters. The molecule has 2 N–H and O–H groups in total. The maximum atomic E-state index is 12.0. The second kappa shape index (κ2) is 5.77. The first-order chi connectivity index (χ1) is 9.06. The second-order valence-corrected chi connectivity index (χ2v) is 4.89. The summed E-state index contributed by atoms with van der Waals surface area (Å²) in [6, 6.07) is 3.30. The van der Waals surface area contributed by atoms with Gasteiger partial charge in [0.15, 0.2) is 0 Å². The zero-order valence-electron chi connectivity index (χ0n) is 10.8. The molecule has 6 nitrogen and oxygen atoms in total. The van der Waals surface area contributed by atoms with Gasteiger partial charge in [-0.05, 0) is 31.9 Å². The molecule has 2 rings (SSSR count). The van der Waals surface area contributed by atoms with Crippen molar-refractivity contribution in [2.24, 2.45) is 0 Å². The number of carboxylic acids is 1. The Hall–Kier alpha value is -1.98. The zero-order valence-corrected chi connectivity index (χ0v) is 10.8. The fourth-order valence-corrected chi connectivity index (χ4v) is 1.97. The molecule has 1 aliphatic rings. The van der Waals surface area contributed by atoms with Gasteiger partial charge in [-0.3, -0.25) is 4.79 Å². The van der Waals surface area contributed by atoms with Crippen LogP contribution in [0, 0.1) is 0 Å². The van der Waals surface area contributed by atoms with E-state index in [0.29, 0.717) is 6.42 Å². The summed E-state index contributed by atoms with van der Waals surface area (Å²) in [5.41, 5.74) is 0. The molecule has 19 heavy (non-hydrogen) atoms. The van der Waals surface area contributed by atoms with Gasteiger partial charge >= 0.3 is 12.0 Å². The molecule has 0 saturated heterocycles. The van der Waals surface area contributed by atoms with Crippen LogP contribution in [0.15, 0.2) is 22.8 Å². The first-order valence-electron chi connectivity index (χ1n) is 6.37. The normalized spacial score (nSPS) is 15.8. The van der Waals surface area contributed by atoms with E-state index >= 15 is 0 Å². The fourth-order valence-electron chi connectivity index (χ4n) is 1.97. The Morgan fingerprint density at radius 1 is 1.58 bits per heavy atom. The monoisotopic (exact) mass is 266 g/mol. The molecule has 0 spiro atoms. The van der Waals surface area contributed by atoms with Crippen molar-refractivity contribution in [3.05, 3.63) is 24.2 Å². The van der Waals surface area contributed by atoms with Gasteiger partial charge in [-0.15, -0.1) is 0 Å². The summed E-state index contributed by atoms with van der Waals surface area (Å²) in [6.45, 7) is 1.62. The second-order valence-electron chi connectivity index (χ2n) is 4.89. The molecule has 2 amide bonds. The molecule has 1 fully saturated rings. The minimum atomic E-state index is -0.985. The maximum absolute atomic E-state index is 12.0. The number of amides is 2. The average Bonchev–Trinajstić information content (AvgIpc) is 3.04. The van der Waals surface area contributed by atoms with E-state index in [2.05, 4.69) is 5.32 Å². The van der Waals surface area contributed by atoms with E-state index < -0.39 is 5.97 Å². The number of nitrogens with zero attached hydrogens (tertiary/aromatic N) is 1. The van der Waals surface area contributed by atoms with E-state index in [1.165, 1.54) is 4.90 Å². The lowest BCUT2D eigenvalue weighted by Crippen LogP contribution is -2.47. The quantitative estimate of drug-likeness (QED) is 0.816. The summed E-state index contributed by atoms with van der Waals surface area (Å²) in [5.74, 6) is -0.190. The number of hydrogen-bond donors (Lipinski definition) is 2. The first-order valence-corrected chi connectivity index (χ1v) is 6.37. The Labute approximate surface area is 111 Å². The summed E-state index contributed by atoms with van der Waals surface area (Å²) in [4.78, 5) is 24.2. The van der Waals surface area contributed by atoms with Crippen molar-refractivity contribution < 1.29 is 19.1 Å². The van der Waals surface area contributed by atoms with Gasteiger partial charge in [0.2, 0.25) is 0 Å². The molecule has 104 valence electrons. The smallest absolute Gasteiger partial charge is 0.323 e. The summed E-state index contributed by atoms with van der Waals surface area (Å²) in [7, 11) is 0. The summed E-state index contributed by atoms with van der Waals surface area (Å²) >= 11 is 0. The maximum Gasteiger partial charge on any atom is 0.323 e. The van der Waals surface area contributed by atoms with Crippen molar-refractivity contribution in [1.82, 2.24) is 10.2 Å². The van der Waals surface area contributed by atoms with Crippen molar-refractivity contribution in [1.29, 1.82) is 0 Å². The molecular weight excluding hydrogens is 248 g/mol. The van der Waals surface area contributed by atoms with Crippen LogP contribution in [0.4, 0.5) is 4.79 Å². The van der Waals surface area contributed by atoms with Crippen molar-refractivity contribution in [2.75, 3.05) is 6.54 Å². The van der Waals surface area contributed by atoms with Crippen LogP contribution in [0.3, 0.4) is 0 Å². The van der Waals surface area contributed by atoms with E-state index in [0.717, 1.165) is 18.6 Å². The van der Waals surface area contributed by atoms with Crippen molar-refractivity contribution in [2.45, 2.75) is 38.3 Å². The molecular formula is C13H18N2O4. The summed E-state index contributed by atoms with van der Waals surface area (Å²) in [6.07, 6.45) is 3.94. The Morgan fingerprint density at radius 2 is 2.32 bits per heavy atom. The number of furan rings is 1. The van der Waals surface area contributed by atoms with E-state index in [1.54, 1.807) is 12.3 Å². The molecule has 1 aromatic heterocycles. The van der Waals surface area contributed by atoms with Crippen molar-refractivity contribution in [3.8, 4) is 0 Å². The lowest BCUT2D eigenvalue weighted by molar-refractivity contribution is -0.137. The molecule has 1 unspecified atom stereocenters. The van der Waals surface area contributed by atoms with Gasteiger partial charge in [-0.2, -0.15) is 0 Å². The largest absolute Gasteiger partial charge is 0.480 e. The van der Waals surface area contributed by atoms with Crippen LogP contribution < -0.4 is 5.32 Å². The van der Waals surface area contributed by atoms with Gasteiger partial charge in [-0.1, -0.05) is 0 Å². The zero-order chi connectivity index (χ0) is 13.8. The summed E-state index contributed by atoms with van der Waals surface area (Å²) < 4.78 is 5.21. The third-order valence-electron chi connectivity index (χ3n) is 3.01. The Kier molecular flexibility index (Phi) is 4.09. The van der Waals surface area contributed by atoms with Gasteiger partial charge in [0.25, 0.3) is 0 Å². The van der Waals surface area contributed by atoms with Crippen LogP contribution in [0.25, 0.3) is 0 Å². The number of carboxylic acid groups (broad SMARTS) is 1. The Balaban J connectivity index is 1.85. The van der Waals surface area contributed by atoms with Crippen molar-refractivity contribution >= 4 is 12.0 Å². The van der Waals surface area contributed by atoms with Crippen LogP contribution in [0.2, 0.25) is 0 Å². The highest BCUT2D eigenvalue weighted by Crippen LogP contribution is 2.26. The van der Waals surface area contributed by atoms with Gasteiger partial charge in [0, 0.05) is 18.5 Å². The number of carbonyl (C=O) groups excluding carboxylic acids is 1. The van der Waals surface area contributed by atoms with Gasteiger partial charge < -0.3 is 19.7 Å². The third-order valence-corrected chi connectivity index (χ3v) is 3.01. The van der Waals surface area contributed by atoms with E-state index in [4.69, 9.17) is 9.52 Å². The predicted molar refractivity (Wildman–Crippen MR) is 67.8 cm³/mol. The molecule has 1 aliphatic carbocycles. The van der Waals surface area contributed by atoms with Gasteiger partial charge in [0.1, 0.15) is 12.3 Å². The van der Waals surface area contributed by atoms with Crippen molar-refractivity contribution in [3.63, 3.8) is 0 Å². The van der Waals surface area contributed by atoms with Gasteiger partial charge in [-0.25, -0.2) is 4.79 Å². The molecule has 6 heteroatoms. The average molecular weight is 266 g/mol. The minimum absolute atomic E-state index is 0.0758.